The first-order valence-electron chi connectivity index (χ1n) is 12.0. The Morgan fingerprint density at radius 1 is 1.38 bits per heavy atom. The van der Waals surface area contributed by atoms with Gasteiger partial charge in [0.2, 0.25) is 5.91 Å². The van der Waals surface area contributed by atoms with E-state index in [1.165, 1.54) is 4.90 Å². The number of hydrogen-bond acceptors (Lipinski definition) is 6. The lowest BCUT2D eigenvalue weighted by Crippen LogP contribution is -2.58. The zero-order valence-electron chi connectivity index (χ0n) is 20.3. The van der Waals surface area contributed by atoms with Gasteiger partial charge in [0.25, 0.3) is 5.91 Å². The molecule has 1 N–H and O–H groups in total. The molecular formula is C26H34N2O6. The minimum atomic E-state index is -1.13. The normalized spacial score (nSPS) is 30.3. The Bertz CT molecular complexity index is 989. The van der Waals surface area contributed by atoms with Gasteiger partial charge < -0.3 is 24.4 Å². The van der Waals surface area contributed by atoms with E-state index in [4.69, 9.17) is 9.47 Å². The highest BCUT2D eigenvalue weighted by Gasteiger charge is 2.75. The Kier molecular flexibility index (Phi) is 6.57. The zero-order valence-corrected chi connectivity index (χ0v) is 20.3. The molecule has 8 heteroatoms. The molecule has 3 heterocycles. The molecule has 3 fully saturated rings. The number of esters is 1. The highest BCUT2D eigenvalue weighted by molar-refractivity contribution is 6.05. The standard InChI is InChI=1S/C26H34N2O6/c1-6-13-27(21-15(3)9-8-10-16(21)4)24(31)22-26-12-11-18(34-26)19(25(32)33-7-2)20(26)23(30)28(22)17(5)14-29/h6,8-10,17-20,22,29H,1,7,11-14H2,2-5H3/t17-,18-,19+,20+,22-,26+/m1/s1. The maximum absolute atomic E-state index is 14.4. The maximum Gasteiger partial charge on any atom is 0.312 e. The summed E-state index contributed by atoms with van der Waals surface area (Å²) in [6.07, 6.45) is 2.26. The van der Waals surface area contributed by atoms with Crippen LogP contribution in [0.4, 0.5) is 5.69 Å². The lowest BCUT2D eigenvalue weighted by atomic mass is 9.70. The third-order valence-electron chi connectivity index (χ3n) is 7.56. The van der Waals surface area contributed by atoms with Crippen LogP contribution < -0.4 is 4.90 Å². The molecule has 3 aliphatic rings. The highest BCUT2D eigenvalue weighted by Crippen LogP contribution is 2.59. The number of amides is 2. The van der Waals surface area contributed by atoms with Crippen molar-refractivity contribution >= 4 is 23.5 Å². The molecule has 1 aromatic carbocycles. The van der Waals surface area contributed by atoms with Gasteiger partial charge in [-0.15, -0.1) is 6.58 Å². The van der Waals surface area contributed by atoms with Crippen LogP contribution in [-0.2, 0) is 23.9 Å². The number of carbonyl (C=O) groups excluding carboxylic acids is 3. The van der Waals surface area contributed by atoms with Gasteiger partial charge in [-0.3, -0.25) is 14.4 Å². The fourth-order valence-corrected chi connectivity index (χ4v) is 6.24. The second-order valence-electron chi connectivity index (χ2n) is 9.56. The highest BCUT2D eigenvalue weighted by atomic mass is 16.6. The van der Waals surface area contributed by atoms with Crippen molar-refractivity contribution in [1.29, 1.82) is 0 Å². The van der Waals surface area contributed by atoms with Crippen molar-refractivity contribution in [3.05, 3.63) is 42.0 Å². The number of anilines is 1. The predicted octanol–water partition coefficient (Wildman–Crippen LogP) is 2.14. The number of para-hydroxylation sites is 1. The molecule has 0 aromatic heterocycles. The van der Waals surface area contributed by atoms with Gasteiger partial charge in [0.05, 0.1) is 37.2 Å². The zero-order chi connectivity index (χ0) is 24.8. The van der Waals surface area contributed by atoms with E-state index >= 15 is 0 Å². The number of hydrogen-bond donors (Lipinski definition) is 1. The Balaban J connectivity index is 1.83. The molecule has 184 valence electrons. The topological polar surface area (TPSA) is 96.4 Å². The largest absolute Gasteiger partial charge is 0.466 e. The van der Waals surface area contributed by atoms with Gasteiger partial charge in [0, 0.05) is 12.2 Å². The minimum absolute atomic E-state index is 0.203. The van der Waals surface area contributed by atoms with Crippen molar-refractivity contribution in [1.82, 2.24) is 4.90 Å². The Morgan fingerprint density at radius 3 is 2.65 bits per heavy atom. The number of rotatable bonds is 8. The third-order valence-corrected chi connectivity index (χ3v) is 7.56. The van der Waals surface area contributed by atoms with Gasteiger partial charge >= 0.3 is 5.97 Å². The number of nitrogens with zero attached hydrogens (tertiary/aromatic N) is 2. The first kappa shape index (κ1) is 24.4. The summed E-state index contributed by atoms with van der Waals surface area (Å²) in [6, 6.07) is 4.24. The molecule has 3 aliphatic heterocycles. The number of aryl methyl sites for hydroxylation is 2. The van der Waals surface area contributed by atoms with Gasteiger partial charge in [-0.05, 0) is 51.7 Å². The van der Waals surface area contributed by atoms with Gasteiger partial charge in [0.15, 0.2) is 0 Å². The molecule has 0 aliphatic carbocycles. The molecule has 0 saturated carbocycles. The van der Waals surface area contributed by atoms with Crippen molar-refractivity contribution < 1.29 is 29.0 Å². The molecule has 2 bridgehead atoms. The second kappa shape index (κ2) is 9.15. The number of ether oxygens (including phenoxy) is 2. The summed E-state index contributed by atoms with van der Waals surface area (Å²) in [5.74, 6) is -2.65. The van der Waals surface area contributed by atoms with E-state index in [0.717, 1.165) is 16.8 Å². The second-order valence-corrected chi connectivity index (χ2v) is 9.56. The van der Waals surface area contributed by atoms with Crippen LogP contribution in [0.25, 0.3) is 0 Å². The number of likely N-dealkylation sites (tertiary alicyclic amines) is 1. The van der Waals surface area contributed by atoms with E-state index in [1.807, 2.05) is 32.0 Å². The summed E-state index contributed by atoms with van der Waals surface area (Å²) >= 11 is 0. The van der Waals surface area contributed by atoms with Crippen LogP contribution in [0.15, 0.2) is 30.9 Å². The van der Waals surface area contributed by atoms with E-state index in [0.29, 0.717) is 12.8 Å². The van der Waals surface area contributed by atoms with Crippen LogP contribution in [0, 0.1) is 25.7 Å². The van der Waals surface area contributed by atoms with Crippen molar-refractivity contribution in [2.75, 3.05) is 24.7 Å². The number of carbonyl (C=O) groups is 3. The molecule has 8 nitrogen and oxygen atoms in total. The first-order valence-corrected chi connectivity index (χ1v) is 12.0. The summed E-state index contributed by atoms with van der Waals surface area (Å²) in [7, 11) is 0. The van der Waals surface area contributed by atoms with Gasteiger partial charge in [-0.25, -0.2) is 0 Å². The van der Waals surface area contributed by atoms with E-state index in [1.54, 1.807) is 24.8 Å². The van der Waals surface area contributed by atoms with Crippen molar-refractivity contribution in [2.45, 2.75) is 64.3 Å². The van der Waals surface area contributed by atoms with Crippen molar-refractivity contribution in [3.8, 4) is 0 Å². The summed E-state index contributed by atoms with van der Waals surface area (Å²) < 4.78 is 11.7. The quantitative estimate of drug-likeness (QED) is 0.462. The van der Waals surface area contributed by atoms with Gasteiger partial charge in [-0.2, -0.15) is 0 Å². The van der Waals surface area contributed by atoms with Crippen LogP contribution in [-0.4, -0.2) is 71.3 Å². The summed E-state index contributed by atoms with van der Waals surface area (Å²) in [5, 5.41) is 9.98. The number of aliphatic hydroxyl groups is 1. The van der Waals surface area contributed by atoms with Gasteiger partial charge in [-0.1, -0.05) is 24.3 Å². The predicted molar refractivity (Wildman–Crippen MR) is 126 cm³/mol. The van der Waals surface area contributed by atoms with Crippen LogP contribution in [0.1, 0.15) is 37.8 Å². The molecule has 34 heavy (non-hydrogen) atoms. The molecule has 1 aromatic rings. The first-order chi connectivity index (χ1) is 16.2. The maximum atomic E-state index is 14.4. The molecule has 1 spiro atoms. The van der Waals surface area contributed by atoms with Crippen LogP contribution in [0.2, 0.25) is 0 Å². The van der Waals surface area contributed by atoms with Crippen molar-refractivity contribution in [3.63, 3.8) is 0 Å². The number of benzene rings is 1. The average Bonchev–Trinajstić information content (AvgIpc) is 3.45. The Morgan fingerprint density at radius 2 is 2.06 bits per heavy atom. The monoisotopic (exact) mass is 470 g/mol. The number of fused-ring (bicyclic) bond motifs is 1. The van der Waals surface area contributed by atoms with E-state index in [2.05, 4.69) is 6.58 Å². The molecule has 0 radical (unpaired) electrons. The summed E-state index contributed by atoms with van der Waals surface area (Å²) in [6.45, 7) is 11.3. The van der Waals surface area contributed by atoms with Crippen molar-refractivity contribution in [2.24, 2.45) is 11.8 Å². The number of aliphatic hydroxyl groups excluding tert-OH is 1. The minimum Gasteiger partial charge on any atom is -0.466 e. The summed E-state index contributed by atoms with van der Waals surface area (Å²) in [5.41, 5.74) is 1.49. The fourth-order valence-electron chi connectivity index (χ4n) is 6.24. The molecule has 0 unspecified atom stereocenters. The Hall–Kier alpha value is -2.71. The SMILES string of the molecule is C=CCN(C(=O)[C@H]1N([C@H](C)CO)C(=O)[C@@H]2[C@@H](C(=O)OCC)[C@H]3CC[C@]21O3)c1c(C)cccc1C. The fraction of sp³-hybridized carbons (Fsp3) is 0.577. The average molecular weight is 471 g/mol. The molecule has 6 atom stereocenters. The van der Waals surface area contributed by atoms with E-state index in [-0.39, 0.29) is 31.6 Å². The lowest BCUT2D eigenvalue weighted by Gasteiger charge is -2.39. The van der Waals surface area contributed by atoms with E-state index in [9.17, 15) is 19.5 Å². The van der Waals surface area contributed by atoms with Crippen LogP contribution >= 0.6 is 0 Å². The molecule has 3 saturated heterocycles. The molecule has 2 amide bonds. The lowest BCUT2D eigenvalue weighted by molar-refractivity contribution is -0.155. The van der Waals surface area contributed by atoms with E-state index < -0.39 is 41.6 Å². The molecule has 4 rings (SSSR count). The van der Waals surface area contributed by atoms with Crippen LogP contribution in [0.3, 0.4) is 0 Å². The molecular weight excluding hydrogens is 436 g/mol. The summed E-state index contributed by atoms with van der Waals surface area (Å²) in [4.78, 5) is 44.1. The van der Waals surface area contributed by atoms with Gasteiger partial charge in [0.1, 0.15) is 11.6 Å². The smallest absolute Gasteiger partial charge is 0.312 e. The Labute approximate surface area is 200 Å². The van der Waals surface area contributed by atoms with Crippen LogP contribution in [0.5, 0.6) is 0 Å². The third kappa shape index (κ3) is 3.46.